The summed E-state index contributed by atoms with van der Waals surface area (Å²) >= 11 is 0. The summed E-state index contributed by atoms with van der Waals surface area (Å²) in [6.45, 7) is 0.807. The van der Waals surface area contributed by atoms with E-state index in [9.17, 15) is 0 Å². The fourth-order valence-corrected chi connectivity index (χ4v) is 3.70. The highest BCUT2D eigenvalue weighted by molar-refractivity contribution is 5.82. The van der Waals surface area contributed by atoms with Gasteiger partial charge in [-0.05, 0) is 24.8 Å². The van der Waals surface area contributed by atoms with Crippen molar-refractivity contribution in [2.75, 3.05) is 5.32 Å². The molecule has 1 aliphatic rings. The van der Waals surface area contributed by atoms with Gasteiger partial charge in [0, 0.05) is 11.3 Å². The van der Waals surface area contributed by atoms with Crippen LogP contribution in [0.1, 0.15) is 35.7 Å². The van der Waals surface area contributed by atoms with Gasteiger partial charge in [-0.1, -0.05) is 30.3 Å². The normalized spacial score (nSPS) is 16.5. The average Bonchev–Trinajstić information content (AvgIpc) is 3.31. The minimum Gasteiger partial charge on any atom is -0.361 e. The number of aromatic nitrogens is 6. The van der Waals surface area contributed by atoms with E-state index in [2.05, 4.69) is 59.3 Å². The van der Waals surface area contributed by atoms with E-state index < -0.39 is 0 Å². The molecule has 0 spiro atoms. The van der Waals surface area contributed by atoms with Crippen LogP contribution in [0, 0.1) is 0 Å². The van der Waals surface area contributed by atoms with Gasteiger partial charge in [-0.25, -0.2) is 15.0 Å². The molecule has 0 radical (unpaired) electrons. The Morgan fingerprint density at radius 2 is 2.08 bits per heavy atom. The number of H-pyrrole nitrogens is 1. The van der Waals surface area contributed by atoms with Crippen molar-refractivity contribution in [2.24, 2.45) is 0 Å². The van der Waals surface area contributed by atoms with Crippen molar-refractivity contribution < 1.29 is 0 Å². The molecule has 26 heavy (non-hydrogen) atoms. The van der Waals surface area contributed by atoms with Gasteiger partial charge in [0.05, 0.1) is 25.1 Å². The van der Waals surface area contributed by atoms with Gasteiger partial charge in [0.1, 0.15) is 11.8 Å². The van der Waals surface area contributed by atoms with Crippen LogP contribution in [0.15, 0.2) is 49.2 Å². The van der Waals surface area contributed by atoms with E-state index in [1.54, 1.807) is 12.7 Å². The Kier molecular flexibility index (Phi) is 3.62. The van der Waals surface area contributed by atoms with Crippen molar-refractivity contribution in [1.29, 1.82) is 0 Å². The van der Waals surface area contributed by atoms with Crippen LogP contribution in [0.2, 0.25) is 0 Å². The Labute approximate surface area is 150 Å². The van der Waals surface area contributed by atoms with E-state index in [-0.39, 0.29) is 6.04 Å². The van der Waals surface area contributed by atoms with Crippen molar-refractivity contribution in [1.82, 2.24) is 29.7 Å². The van der Waals surface area contributed by atoms with Gasteiger partial charge in [0.25, 0.3) is 0 Å². The molecule has 1 aromatic carbocycles. The summed E-state index contributed by atoms with van der Waals surface area (Å²) in [5.41, 5.74) is 5.36. The second kappa shape index (κ2) is 6.25. The lowest BCUT2D eigenvalue weighted by molar-refractivity contribution is 0.556. The lowest BCUT2D eigenvalue weighted by Gasteiger charge is -2.24. The Hall–Kier alpha value is -3.22. The van der Waals surface area contributed by atoms with Crippen LogP contribution in [0.4, 0.5) is 5.82 Å². The summed E-state index contributed by atoms with van der Waals surface area (Å²) in [5, 5.41) is 8.23. The van der Waals surface area contributed by atoms with Crippen molar-refractivity contribution in [3.8, 4) is 0 Å². The molecule has 0 saturated heterocycles. The Bertz CT molecular complexity index is 1030. The topological polar surface area (TPSA) is 84.3 Å². The minimum absolute atomic E-state index is 0.199. The Morgan fingerprint density at radius 1 is 1.15 bits per heavy atom. The molecule has 7 heteroatoms. The highest BCUT2D eigenvalue weighted by Gasteiger charge is 2.25. The first kappa shape index (κ1) is 15.1. The summed E-state index contributed by atoms with van der Waals surface area (Å²) in [7, 11) is 0. The van der Waals surface area contributed by atoms with Gasteiger partial charge in [0.15, 0.2) is 11.5 Å². The fraction of sp³-hybridized carbons (Fsp3) is 0.263. The molecular formula is C19H19N7. The van der Waals surface area contributed by atoms with Gasteiger partial charge in [0.2, 0.25) is 0 Å². The number of benzene rings is 1. The van der Waals surface area contributed by atoms with Crippen LogP contribution in [0.5, 0.6) is 0 Å². The van der Waals surface area contributed by atoms with Crippen LogP contribution < -0.4 is 5.32 Å². The van der Waals surface area contributed by atoms with E-state index in [1.165, 1.54) is 16.8 Å². The Balaban J connectivity index is 1.44. The van der Waals surface area contributed by atoms with E-state index in [1.807, 2.05) is 12.3 Å². The summed E-state index contributed by atoms with van der Waals surface area (Å²) < 4.78 is 2.13. The number of aromatic amines is 1. The summed E-state index contributed by atoms with van der Waals surface area (Å²) in [5.74, 6) is 0.793. The predicted octanol–water partition coefficient (Wildman–Crippen LogP) is 3.09. The average molecular weight is 345 g/mol. The summed E-state index contributed by atoms with van der Waals surface area (Å²) in [6.07, 6.45) is 8.44. The third kappa shape index (κ3) is 2.61. The van der Waals surface area contributed by atoms with Gasteiger partial charge in [-0.15, -0.1) is 0 Å². The molecule has 3 aromatic heterocycles. The van der Waals surface area contributed by atoms with Crippen molar-refractivity contribution in [3.63, 3.8) is 0 Å². The number of hydrogen-bond acceptors (Lipinski definition) is 5. The summed E-state index contributed by atoms with van der Waals surface area (Å²) in [4.78, 5) is 15.9. The first-order chi connectivity index (χ1) is 12.9. The maximum atomic E-state index is 4.66. The van der Waals surface area contributed by atoms with Crippen LogP contribution in [-0.4, -0.2) is 29.7 Å². The van der Waals surface area contributed by atoms with Crippen LogP contribution >= 0.6 is 0 Å². The molecule has 0 amide bonds. The minimum atomic E-state index is 0.199. The van der Waals surface area contributed by atoms with E-state index in [4.69, 9.17) is 0 Å². The van der Waals surface area contributed by atoms with Gasteiger partial charge >= 0.3 is 0 Å². The highest BCUT2D eigenvalue weighted by Crippen LogP contribution is 2.33. The molecule has 0 aliphatic heterocycles. The highest BCUT2D eigenvalue weighted by atomic mass is 15.3. The number of rotatable bonds is 4. The molecule has 1 atom stereocenters. The largest absolute Gasteiger partial charge is 0.361 e. The van der Waals surface area contributed by atoms with E-state index in [0.29, 0.717) is 5.65 Å². The standard InChI is InChI=1S/C19H19N7/c1-2-5-13(6-3-1)10-26-16-8-4-7-15(14(16)9-24-26)25-19-17-18(21-11-20-17)22-12-23-19/h1-3,5-6,9,11-12,15H,4,7-8,10H2,(H2,20,21,22,23,25)/t15-/m1/s1. The molecule has 3 heterocycles. The molecule has 7 nitrogen and oxygen atoms in total. The number of nitrogens with zero attached hydrogens (tertiary/aromatic N) is 5. The lowest BCUT2D eigenvalue weighted by Crippen LogP contribution is -2.19. The first-order valence-electron chi connectivity index (χ1n) is 8.87. The fourth-order valence-electron chi connectivity index (χ4n) is 3.70. The maximum Gasteiger partial charge on any atom is 0.182 e. The van der Waals surface area contributed by atoms with Crippen LogP contribution in [0.25, 0.3) is 11.2 Å². The second-order valence-corrected chi connectivity index (χ2v) is 6.60. The maximum absolute atomic E-state index is 4.66. The zero-order valence-corrected chi connectivity index (χ0v) is 14.3. The van der Waals surface area contributed by atoms with Gasteiger partial charge in [-0.3, -0.25) is 4.68 Å². The molecule has 2 N–H and O–H groups in total. The number of imidazole rings is 1. The Morgan fingerprint density at radius 3 is 3.00 bits per heavy atom. The lowest BCUT2D eigenvalue weighted by atomic mass is 9.93. The monoisotopic (exact) mass is 345 g/mol. The molecule has 0 bridgehead atoms. The zero-order valence-electron chi connectivity index (χ0n) is 14.3. The van der Waals surface area contributed by atoms with E-state index in [0.717, 1.165) is 37.1 Å². The van der Waals surface area contributed by atoms with Gasteiger partial charge in [-0.2, -0.15) is 5.10 Å². The molecule has 0 unspecified atom stereocenters. The summed E-state index contributed by atoms with van der Waals surface area (Å²) in [6, 6.07) is 10.7. The smallest absolute Gasteiger partial charge is 0.182 e. The molecule has 4 aromatic rings. The second-order valence-electron chi connectivity index (χ2n) is 6.60. The zero-order chi connectivity index (χ0) is 17.3. The number of fused-ring (bicyclic) bond motifs is 2. The SMILES string of the molecule is c1ccc(Cn2ncc3c2CCC[C@H]3Nc2ncnc3nc[nH]c23)cc1. The van der Waals surface area contributed by atoms with Crippen molar-refractivity contribution in [3.05, 3.63) is 66.0 Å². The molecule has 5 rings (SSSR count). The van der Waals surface area contributed by atoms with Crippen molar-refractivity contribution >= 4 is 17.0 Å². The molecule has 1 aliphatic carbocycles. The third-order valence-electron chi connectivity index (χ3n) is 4.97. The quantitative estimate of drug-likeness (QED) is 0.594. The third-order valence-corrected chi connectivity index (χ3v) is 4.97. The van der Waals surface area contributed by atoms with Crippen LogP contribution in [0.3, 0.4) is 0 Å². The number of anilines is 1. The molecule has 130 valence electrons. The first-order valence-corrected chi connectivity index (χ1v) is 8.87. The molecular weight excluding hydrogens is 326 g/mol. The molecule has 0 saturated carbocycles. The predicted molar refractivity (Wildman–Crippen MR) is 98.8 cm³/mol. The molecule has 0 fully saturated rings. The van der Waals surface area contributed by atoms with Crippen molar-refractivity contribution in [2.45, 2.75) is 31.8 Å². The number of nitrogens with one attached hydrogen (secondary N) is 2. The number of hydrogen-bond donors (Lipinski definition) is 2. The van der Waals surface area contributed by atoms with Crippen LogP contribution in [-0.2, 0) is 13.0 Å². The van der Waals surface area contributed by atoms with Gasteiger partial charge < -0.3 is 10.3 Å². The van der Waals surface area contributed by atoms with E-state index >= 15 is 0 Å².